The molecule has 0 spiro atoms. The summed E-state index contributed by atoms with van der Waals surface area (Å²) < 4.78 is 0. The van der Waals surface area contributed by atoms with Crippen LogP contribution in [0.15, 0.2) is 24.3 Å². The van der Waals surface area contributed by atoms with Gasteiger partial charge in [0.25, 0.3) is 0 Å². The number of aryl methyl sites for hydroxylation is 1. The number of benzene rings is 1. The lowest BCUT2D eigenvalue weighted by molar-refractivity contribution is 0.240. The minimum absolute atomic E-state index is 0.241. The third-order valence-electron chi connectivity index (χ3n) is 2.87. The maximum absolute atomic E-state index is 9.23. The fourth-order valence-electron chi connectivity index (χ4n) is 1.82. The summed E-state index contributed by atoms with van der Waals surface area (Å²) in [5.74, 6) is 2.16. The van der Waals surface area contributed by atoms with Crippen molar-refractivity contribution in [3.63, 3.8) is 0 Å². The van der Waals surface area contributed by atoms with Gasteiger partial charge in [-0.15, -0.1) is 0 Å². The maximum atomic E-state index is 9.23. The molecule has 0 aromatic heterocycles. The van der Waals surface area contributed by atoms with Crippen LogP contribution in [0.5, 0.6) is 0 Å². The Balaban J connectivity index is 2.17. The normalized spacial score (nSPS) is 12.6. The number of aliphatic hydroxyl groups is 1. The zero-order chi connectivity index (χ0) is 13.2. The molecule has 0 radical (unpaired) electrons. The fraction of sp³-hybridized carbons (Fsp3) is 0.600. The van der Waals surface area contributed by atoms with Crippen LogP contribution < -0.4 is 5.32 Å². The van der Waals surface area contributed by atoms with E-state index in [1.807, 2.05) is 11.8 Å². The van der Waals surface area contributed by atoms with Gasteiger partial charge in [-0.25, -0.2) is 0 Å². The van der Waals surface area contributed by atoms with Gasteiger partial charge in [-0.05, 0) is 37.6 Å². The highest BCUT2D eigenvalue weighted by Crippen LogP contribution is 2.15. The van der Waals surface area contributed by atoms with Gasteiger partial charge in [0.05, 0.1) is 6.61 Å². The van der Waals surface area contributed by atoms with E-state index >= 15 is 0 Å². The molecule has 18 heavy (non-hydrogen) atoms. The molecule has 3 heteroatoms. The highest BCUT2D eigenvalue weighted by molar-refractivity contribution is 7.98. The molecule has 1 aromatic rings. The molecule has 1 unspecified atom stereocenters. The van der Waals surface area contributed by atoms with E-state index in [0.29, 0.717) is 0 Å². The van der Waals surface area contributed by atoms with Crippen molar-refractivity contribution in [1.29, 1.82) is 0 Å². The van der Waals surface area contributed by atoms with E-state index < -0.39 is 0 Å². The smallest absolute Gasteiger partial charge is 0.0584 e. The number of thioether (sulfide) groups is 1. The van der Waals surface area contributed by atoms with Crippen molar-refractivity contribution >= 4 is 11.8 Å². The maximum Gasteiger partial charge on any atom is 0.0584 e. The van der Waals surface area contributed by atoms with Crippen LogP contribution >= 0.6 is 11.8 Å². The molecule has 1 atom stereocenters. The lowest BCUT2D eigenvalue weighted by Gasteiger charge is -2.15. The van der Waals surface area contributed by atoms with E-state index in [4.69, 9.17) is 0 Å². The third kappa shape index (κ3) is 6.43. The zero-order valence-corrected chi connectivity index (χ0v) is 12.3. The van der Waals surface area contributed by atoms with Crippen molar-refractivity contribution in [3.05, 3.63) is 35.4 Å². The Bertz CT molecular complexity index is 330. The summed E-state index contributed by atoms with van der Waals surface area (Å²) in [5, 5.41) is 12.6. The van der Waals surface area contributed by atoms with E-state index in [1.54, 1.807) is 0 Å². The van der Waals surface area contributed by atoms with Crippen LogP contribution in [0, 0.1) is 6.92 Å². The van der Waals surface area contributed by atoms with Gasteiger partial charge in [0.1, 0.15) is 0 Å². The van der Waals surface area contributed by atoms with E-state index in [9.17, 15) is 5.11 Å². The number of hydrogen-bond acceptors (Lipinski definition) is 3. The standard InChI is InChI=1S/C15H25NOS/c1-3-8-16-15(11-17)7-9-18-12-14-6-4-5-13(2)10-14/h4-6,10,15-17H,3,7-9,11-12H2,1-2H3. The predicted octanol–water partition coefficient (Wildman–Crippen LogP) is 2.98. The summed E-state index contributed by atoms with van der Waals surface area (Å²) in [5.41, 5.74) is 2.72. The van der Waals surface area contributed by atoms with Crippen LogP contribution in [-0.2, 0) is 5.75 Å². The molecule has 0 aliphatic rings. The van der Waals surface area contributed by atoms with Crippen LogP contribution in [0.1, 0.15) is 30.9 Å². The largest absolute Gasteiger partial charge is 0.395 e. The summed E-state index contributed by atoms with van der Waals surface area (Å²) in [4.78, 5) is 0. The summed E-state index contributed by atoms with van der Waals surface area (Å²) >= 11 is 1.94. The Morgan fingerprint density at radius 3 is 2.89 bits per heavy atom. The lowest BCUT2D eigenvalue weighted by Crippen LogP contribution is -2.33. The Kier molecular flexibility index (Phi) is 8.14. The molecule has 0 amide bonds. The van der Waals surface area contributed by atoms with E-state index in [2.05, 4.69) is 43.4 Å². The summed E-state index contributed by atoms with van der Waals surface area (Å²) in [6.45, 7) is 5.51. The first kappa shape index (κ1) is 15.5. The first-order valence-corrected chi connectivity index (χ1v) is 7.89. The van der Waals surface area contributed by atoms with Crippen molar-refractivity contribution in [1.82, 2.24) is 5.32 Å². The fourth-order valence-corrected chi connectivity index (χ4v) is 2.83. The molecule has 102 valence electrons. The topological polar surface area (TPSA) is 32.3 Å². The first-order chi connectivity index (χ1) is 8.76. The third-order valence-corrected chi connectivity index (χ3v) is 3.93. The molecule has 0 saturated heterocycles. The van der Waals surface area contributed by atoms with Gasteiger partial charge in [-0.2, -0.15) is 11.8 Å². The summed E-state index contributed by atoms with van der Waals surface area (Å²) in [6, 6.07) is 8.93. The Labute approximate surface area is 115 Å². The minimum atomic E-state index is 0.241. The number of hydrogen-bond donors (Lipinski definition) is 2. The average Bonchev–Trinajstić information content (AvgIpc) is 2.38. The van der Waals surface area contributed by atoms with E-state index in [-0.39, 0.29) is 12.6 Å². The molecular weight excluding hydrogens is 242 g/mol. The van der Waals surface area contributed by atoms with Gasteiger partial charge in [0, 0.05) is 11.8 Å². The molecule has 0 aliphatic carbocycles. The molecule has 0 aliphatic heterocycles. The SMILES string of the molecule is CCCNC(CO)CCSCc1cccc(C)c1. The Hall–Kier alpha value is -0.510. The van der Waals surface area contributed by atoms with Crippen molar-refractivity contribution in [2.45, 2.75) is 38.5 Å². The van der Waals surface area contributed by atoms with Gasteiger partial charge in [-0.3, -0.25) is 0 Å². The van der Waals surface area contributed by atoms with Crippen molar-refractivity contribution in [3.8, 4) is 0 Å². The van der Waals surface area contributed by atoms with Crippen LogP contribution in [0.2, 0.25) is 0 Å². The van der Waals surface area contributed by atoms with Crippen LogP contribution in [0.3, 0.4) is 0 Å². The molecule has 0 bridgehead atoms. The van der Waals surface area contributed by atoms with Crippen molar-refractivity contribution in [2.75, 3.05) is 18.9 Å². The van der Waals surface area contributed by atoms with Gasteiger partial charge in [0.15, 0.2) is 0 Å². The highest BCUT2D eigenvalue weighted by Gasteiger charge is 2.05. The number of aliphatic hydroxyl groups excluding tert-OH is 1. The molecule has 0 fully saturated rings. The molecule has 0 saturated carbocycles. The predicted molar refractivity (Wildman–Crippen MR) is 81.1 cm³/mol. The lowest BCUT2D eigenvalue weighted by atomic mass is 10.2. The average molecular weight is 267 g/mol. The number of rotatable bonds is 9. The highest BCUT2D eigenvalue weighted by atomic mass is 32.2. The van der Waals surface area contributed by atoms with Crippen molar-refractivity contribution in [2.24, 2.45) is 0 Å². The minimum Gasteiger partial charge on any atom is -0.395 e. The molecular formula is C15H25NOS. The second-order valence-electron chi connectivity index (χ2n) is 4.66. The second-order valence-corrected chi connectivity index (χ2v) is 5.77. The van der Waals surface area contributed by atoms with Crippen LogP contribution in [0.4, 0.5) is 0 Å². The second kappa shape index (κ2) is 9.42. The van der Waals surface area contributed by atoms with Crippen LogP contribution in [0.25, 0.3) is 0 Å². The monoisotopic (exact) mass is 267 g/mol. The van der Waals surface area contributed by atoms with Gasteiger partial charge in [-0.1, -0.05) is 36.8 Å². The van der Waals surface area contributed by atoms with E-state index in [1.165, 1.54) is 11.1 Å². The zero-order valence-electron chi connectivity index (χ0n) is 11.5. The molecule has 1 rings (SSSR count). The Morgan fingerprint density at radius 1 is 1.39 bits per heavy atom. The molecule has 2 N–H and O–H groups in total. The van der Waals surface area contributed by atoms with Crippen molar-refractivity contribution < 1.29 is 5.11 Å². The first-order valence-electron chi connectivity index (χ1n) is 6.73. The number of nitrogens with one attached hydrogen (secondary N) is 1. The van der Waals surface area contributed by atoms with E-state index in [0.717, 1.165) is 30.9 Å². The van der Waals surface area contributed by atoms with Crippen LogP contribution in [-0.4, -0.2) is 30.1 Å². The summed E-state index contributed by atoms with van der Waals surface area (Å²) in [7, 11) is 0. The summed E-state index contributed by atoms with van der Waals surface area (Å²) in [6.07, 6.45) is 2.15. The quantitative estimate of drug-likeness (QED) is 0.675. The van der Waals surface area contributed by atoms with Gasteiger partial charge >= 0.3 is 0 Å². The van der Waals surface area contributed by atoms with Gasteiger partial charge in [0.2, 0.25) is 0 Å². The Morgan fingerprint density at radius 2 is 2.22 bits per heavy atom. The van der Waals surface area contributed by atoms with Gasteiger partial charge < -0.3 is 10.4 Å². The molecule has 2 nitrogen and oxygen atoms in total. The molecule has 1 aromatic carbocycles. The molecule has 0 heterocycles.